The lowest BCUT2D eigenvalue weighted by molar-refractivity contribution is -0.141. The van der Waals surface area contributed by atoms with Gasteiger partial charge in [0.25, 0.3) is 0 Å². The van der Waals surface area contributed by atoms with E-state index in [-0.39, 0.29) is 25.5 Å². The van der Waals surface area contributed by atoms with Crippen LogP contribution in [0.4, 0.5) is 0 Å². The van der Waals surface area contributed by atoms with E-state index in [1.807, 2.05) is 31.2 Å². The van der Waals surface area contributed by atoms with Crippen LogP contribution in [0.2, 0.25) is 0 Å². The Hall–Kier alpha value is -1.56. The number of carbonyl (C=O) groups is 2. The third-order valence-electron chi connectivity index (χ3n) is 2.94. The molecule has 0 spiro atoms. The van der Waals surface area contributed by atoms with E-state index in [0.29, 0.717) is 12.2 Å². The van der Waals surface area contributed by atoms with Gasteiger partial charge in [-0.1, -0.05) is 29.3 Å². The van der Waals surface area contributed by atoms with E-state index in [4.69, 9.17) is 9.84 Å². The van der Waals surface area contributed by atoms with Crippen molar-refractivity contribution in [3.05, 3.63) is 28.7 Å². The van der Waals surface area contributed by atoms with Gasteiger partial charge in [-0.2, -0.15) is 0 Å². The number of rotatable bonds is 9. The number of aliphatic carboxylic acids is 1. The Labute approximate surface area is 132 Å². The lowest BCUT2D eigenvalue weighted by Gasteiger charge is -2.12. The molecule has 0 aliphatic rings. The van der Waals surface area contributed by atoms with Crippen LogP contribution in [0.5, 0.6) is 5.75 Å². The van der Waals surface area contributed by atoms with Crippen LogP contribution in [-0.4, -0.2) is 30.1 Å². The number of amides is 1. The molecule has 1 atom stereocenters. The molecule has 21 heavy (non-hydrogen) atoms. The van der Waals surface area contributed by atoms with E-state index in [1.165, 1.54) is 0 Å². The number of carbonyl (C=O) groups excluding carboxylic acids is 1. The summed E-state index contributed by atoms with van der Waals surface area (Å²) >= 11 is 3.33. The summed E-state index contributed by atoms with van der Waals surface area (Å²) in [6.07, 6.45) is 1.54. The lowest BCUT2D eigenvalue weighted by atomic mass is 10.0. The van der Waals surface area contributed by atoms with Gasteiger partial charge < -0.3 is 15.2 Å². The molecule has 0 heterocycles. The highest BCUT2D eigenvalue weighted by Gasteiger charge is 2.16. The highest BCUT2D eigenvalue weighted by Crippen LogP contribution is 2.16. The lowest BCUT2D eigenvalue weighted by Crippen LogP contribution is -2.33. The van der Waals surface area contributed by atoms with Gasteiger partial charge in [-0.15, -0.1) is 0 Å². The van der Waals surface area contributed by atoms with Gasteiger partial charge in [-0.3, -0.25) is 9.59 Å². The fraction of sp³-hybridized carbons (Fsp3) is 0.467. The van der Waals surface area contributed by atoms with Crippen molar-refractivity contribution < 1.29 is 19.4 Å². The van der Waals surface area contributed by atoms with Crippen LogP contribution in [0.1, 0.15) is 26.2 Å². The number of carboxylic acid groups (broad SMARTS) is 1. The van der Waals surface area contributed by atoms with Gasteiger partial charge in [0.05, 0.1) is 18.9 Å². The summed E-state index contributed by atoms with van der Waals surface area (Å²) in [4.78, 5) is 22.6. The molecular formula is C15H20BrNO4. The molecule has 0 fully saturated rings. The van der Waals surface area contributed by atoms with Gasteiger partial charge in [0.2, 0.25) is 5.91 Å². The van der Waals surface area contributed by atoms with Crippen LogP contribution in [0.15, 0.2) is 28.7 Å². The minimum Gasteiger partial charge on any atom is -0.493 e. The normalized spacial score (nSPS) is 11.7. The summed E-state index contributed by atoms with van der Waals surface area (Å²) in [5.74, 6) is -0.899. The topological polar surface area (TPSA) is 75.6 Å². The van der Waals surface area contributed by atoms with E-state index in [0.717, 1.165) is 10.9 Å². The number of nitrogens with one attached hydrogen (secondary N) is 1. The number of benzene rings is 1. The Morgan fingerprint density at radius 3 is 2.57 bits per heavy atom. The summed E-state index contributed by atoms with van der Waals surface area (Å²) in [5.41, 5.74) is 0. The van der Waals surface area contributed by atoms with Crippen molar-refractivity contribution in [3.8, 4) is 5.75 Å². The van der Waals surface area contributed by atoms with Crippen molar-refractivity contribution in [1.29, 1.82) is 0 Å². The average Bonchev–Trinajstić information content (AvgIpc) is 2.45. The molecule has 6 heteroatoms. The Balaban J connectivity index is 2.24. The Bertz CT molecular complexity index is 461. The third-order valence-corrected chi connectivity index (χ3v) is 3.47. The van der Waals surface area contributed by atoms with Crippen molar-refractivity contribution in [2.24, 2.45) is 5.92 Å². The molecule has 1 unspecified atom stereocenters. The number of carboxylic acids is 1. The number of ether oxygens (including phenoxy) is 1. The first-order valence-corrected chi connectivity index (χ1v) is 7.70. The summed E-state index contributed by atoms with van der Waals surface area (Å²) < 4.78 is 6.40. The fourth-order valence-electron chi connectivity index (χ4n) is 1.78. The Kier molecular flexibility index (Phi) is 7.82. The standard InChI is InChI=1S/C15H20BrNO4/c1-2-3-11(15(19)20)10-17-14(18)8-9-21-13-6-4-12(16)5-7-13/h4-7,11H,2-3,8-10H2,1H3,(H,17,18)(H,19,20). The number of halogens is 1. The molecule has 0 aromatic heterocycles. The van der Waals surface area contributed by atoms with Crippen LogP contribution in [0, 0.1) is 5.92 Å². The van der Waals surface area contributed by atoms with Crippen molar-refractivity contribution in [3.63, 3.8) is 0 Å². The van der Waals surface area contributed by atoms with E-state index >= 15 is 0 Å². The van der Waals surface area contributed by atoms with Crippen LogP contribution in [0.25, 0.3) is 0 Å². The van der Waals surface area contributed by atoms with Gasteiger partial charge in [-0.05, 0) is 30.7 Å². The first-order valence-electron chi connectivity index (χ1n) is 6.90. The maximum Gasteiger partial charge on any atom is 0.308 e. The Morgan fingerprint density at radius 2 is 2.00 bits per heavy atom. The van der Waals surface area contributed by atoms with Crippen LogP contribution in [-0.2, 0) is 9.59 Å². The van der Waals surface area contributed by atoms with Gasteiger partial charge in [0.1, 0.15) is 5.75 Å². The molecule has 1 amide bonds. The summed E-state index contributed by atoms with van der Waals surface area (Å²) in [7, 11) is 0. The summed E-state index contributed by atoms with van der Waals surface area (Å²) in [6.45, 7) is 2.35. The Morgan fingerprint density at radius 1 is 1.33 bits per heavy atom. The molecule has 0 radical (unpaired) electrons. The van der Waals surface area contributed by atoms with Gasteiger partial charge in [0.15, 0.2) is 0 Å². The van der Waals surface area contributed by atoms with E-state index in [1.54, 1.807) is 0 Å². The van der Waals surface area contributed by atoms with Gasteiger partial charge >= 0.3 is 5.97 Å². The molecule has 0 aliphatic carbocycles. The first-order chi connectivity index (χ1) is 10.0. The highest BCUT2D eigenvalue weighted by atomic mass is 79.9. The van der Waals surface area contributed by atoms with E-state index in [2.05, 4.69) is 21.2 Å². The zero-order valence-electron chi connectivity index (χ0n) is 12.0. The van der Waals surface area contributed by atoms with Crippen molar-refractivity contribution >= 4 is 27.8 Å². The smallest absolute Gasteiger partial charge is 0.308 e. The van der Waals surface area contributed by atoms with Gasteiger partial charge in [-0.25, -0.2) is 0 Å². The maximum atomic E-state index is 11.6. The highest BCUT2D eigenvalue weighted by molar-refractivity contribution is 9.10. The number of hydrogen-bond acceptors (Lipinski definition) is 3. The molecule has 2 N–H and O–H groups in total. The maximum absolute atomic E-state index is 11.6. The van der Waals surface area contributed by atoms with E-state index < -0.39 is 11.9 Å². The molecule has 116 valence electrons. The predicted octanol–water partition coefficient (Wildman–Crippen LogP) is 2.84. The molecule has 1 aromatic carbocycles. The zero-order chi connectivity index (χ0) is 15.7. The molecule has 0 aliphatic heterocycles. The quantitative estimate of drug-likeness (QED) is 0.712. The third kappa shape index (κ3) is 7.13. The summed E-state index contributed by atoms with van der Waals surface area (Å²) in [5, 5.41) is 11.6. The van der Waals surface area contributed by atoms with Crippen molar-refractivity contribution in [2.45, 2.75) is 26.2 Å². The molecule has 1 aromatic rings. The molecule has 1 rings (SSSR count). The van der Waals surface area contributed by atoms with Crippen LogP contribution < -0.4 is 10.1 Å². The second-order valence-corrected chi connectivity index (χ2v) is 5.60. The molecule has 5 nitrogen and oxygen atoms in total. The first kappa shape index (κ1) is 17.5. The number of hydrogen-bond donors (Lipinski definition) is 2. The molecule has 0 saturated heterocycles. The minimum absolute atomic E-state index is 0.167. The van der Waals surface area contributed by atoms with E-state index in [9.17, 15) is 9.59 Å². The average molecular weight is 358 g/mol. The van der Waals surface area contributed by atoms with Crippen LogP contribution >= 0.6 is 15.9 Å². The molecule has 0 bridgehead atoms. The minimum atomic E-state index is -0.872. The molecular weight excluding hydrogens is 338 g/mol. The predicted molar refractivity (Wildman–Crippen MR) is 83.3 cm³/mol. The van der Waals surface area contributed by atoms with Crippen molar-refractivity contribution in [2.75, 3.05) is 13.2 Å². The van der Waals surface area contributed by atoms with Crippen molar-refractivity contribution in [1.82, 2.24) is 5.32 Å². The second kappa shape index (κ2) is 9.39. The second-order valence-electron chi connectivity index (χ2n) is 4.68. The SMILES string of the molecule is CCCC(CNC(=O)CCOc1ccc(Br)cc1)C(=O)O. The fourth-order valence-corrected chi connectivity index (χ4v) is 2.04. The largest absolute Gasteiger partial charge is 0.493 e. The van der Waals surface area contributed by atoms with Gasteiger partial charge in [0, 0.05) is 11.0 Å². The van der Waals surface area contributed by atoms with Crippen LogP contribution in [0.3, 0.4) is 0 Å². The monoisotopic (exact) mass is 357 g/mol. The molecule has 0 saturated carbocycles. The zero-order valence-corrected chi connectivity index (χ0v) is 13.6. The summed E-state index contributed by atoms with van der Waals surface area (Å²) in [6, 6.07) is 7.34.